The Morgan fingerprint density at radius 3 is 2.38 bits per heavy atom. The van der Waals surface area contributed by atoms with Gasteiger partial charge in [0.25, 0.3) is 0 Å². The Labute approximate surface area is 125 Å². The molecule has 0 aromatic carbocycles. The van der Waals surface area contributed by atoms with Gasteiger partial charge in [-0.1, -0.05) is 0 Å². The topological polar surface area (TPSA) is 41.6 Å². The molecule has 0 unspecified atom stereocenters. The van der Waals surface area contributed by atoms with Crippen molar-refractivity contribution in [1.82, 2.24) is 15.0 Å². The van der Waals surface area contributed by atoms with Gasteiger partial charge in [0.15, 0.2) is 5.65 Å². The molecule has 3 heteroatoms. The number of nitrogens with one attached hydrogen (secondary N) is 1. The maximum absolute atomic E-state index is 4.78. The number of imidazole rings is 1. The number of aromatic amines is 1. The van der Waals surface area contributed by atoms with Gasteiger partial charge in [0.1, 0.15) is 5.82 Å². The third-order valence-corrected chi connectivity index (χ3v) is 6.24. The highest BCUT2D eigenvalue weighted by Crippen LogP contribution is 2.60. The Balaban J connectivity index is 1.48. The molecule has 0 saturated heterocycles. The third-order valence-electron chi connectivity index (χ3n) is 6.24. The molecule has 2 aromatic rings. The fraction of sp³-hybridized carbons (Fsp3) is 0.667. The van der Waals surface area contributed by atoms with Crippen LogP contribution in [0.1, 0.15) is 50.0 Å². The first-order chi connectivity index (χ1) is 10.2. The summed E-state index contributed by atoms with van der Waals surface area (Å²) in [6, 6.07) is 4.18. The van der Waals surface area contributed by atoms with E-state index in [1.165, 1.54) is 44.3 Å². The third kappa shape index (κ3) is 1.93. The van der Waals surface area contributed by atoms with Crippen LogP contribution >= 0.6 is 0 Å². The molecular formula is C18H23N3. The predicted molar refractivity (Wildman–Crippen MR) is 82.9 cm³/mol. The largest absolute Gasteiger partial charge is 0.341 e. The summed E-state index contributed by atoms with van der Waals surface area (Å²) in [5, 5.41) is 0. The number of rotatable bonds is 2. The van der Waals surface area contributed by atoms with Crippen LogP contribution in [0.2, 0.25) is 0 Å². The first-order valence-corrected chi connectivity index (χ1v) is 8.50. The van der Waals surface area contributed by atoms with E-state index in [4.69, 9.17) is 4.98 Å². The molecule has 110 valence electrons. The number of pyridine rings is 1. The molecule has 0 atom stereocenters. The lowest BCUT2D eigenvalue weighted by Crippen LogP contribution is -2.47. The van der Waals surface area contributed by atoms with Crippen molar-refractivity contribution in [3.63, 3.8) is 0 Å². The molecule has 4 saturated carbocycles. The van der Waals surface area contributed by atoms with E-state index in [0.717, 1.165) is 41.0 Å². The van der Waals surface area contributed by atoms with E-state index in [1.807, 2.05) is 6.92 Å². The van der Waals surface area contributed by atoms with Crippen molar-refractivity contribution in [3.05, 3.63) is 23.7 Å². The Bertz CT molecular complexity index is 664. The minimum absolute atomic E-state index is 0.553. The zero-order chi connectivity index (χ0) is 14.0. The molecule has 3 nitrogen and oxygen atoms in total. The molecule has 21 heavy (non-hydrogen) atoms. The van der Waals surface area contributed by atoms with E-state index in [9.17, 15) is 0 Å². The van der Waals surface area contributed by atoms with E-state index >= 15 is 0 Å². The summed E-state index contributed by atoms with van der Waals surface area (Å²) in [6.07, 6.45) is 10.0. The summed E-state index contributed by atoms with van der Waals surface area (Å²) in [7, 11) is 0. The maximum Gasteiger partial charge on any atom is 0.177 e. The van der Waals surface area contributed by atoms with Crippen LogP contribution in [0, 0.1) is 30.1 Å². The van der Waals surface area contributed by atoms with E-state index in [-0.39, 0.29) is 0 Å². The Kier molecular flexibility index (Phi) is 2.37. The molecule has 0 amide bonds. The van der Waals surface area contributed by atoms with Gasteiger partial charge in [0.2, 0.25) is 0 Å². The summed E-state index contributed by atoms with van der Waals surface area (Å²) >= 11 is 0. The second-order valence-corrected chi connectivity index (χ2v) is 8.10. The molecule has 0 spiro atoms. The van der Waals surface area contributed by atoms with Crippen molar-refractivity contribution >= 4 is 11.2 Å². The van der Waals surface area contributed by atoms with Crippen LogP contribution in [0.25, 0.3) is 11.2 Å². The van der Waals surface area contributed by atoms with Crippen molar-refractivity contribution in [2.75, 3.05) is 0 Å². The van der Waals surface area contributed by atoms with Crippen LogP contribution in [0.5, 0.6) is 0 Å². The first-order valence-electron chi connectivity index (χ1n) is 8.50. The molecule has 4 fully saturated rings. The van der Waals surface area contributed by atoms with Crippen molar-refractivity contribution in [2.45, 2.75) is 51.9 Å². The lowest BCUT2D eigenvalue weighted by molar-refractivity contribution is -0.0530. The number of H-pyrrole nitrogens is 1. The van der Waals surface area contributed by atoms with E-state index in [2.05, 4.69) is 22.1 Å². The summed E-state index contributed by atoms with van der Waals surface area (Å²) < 4.78 is 0. The van der Waals surface area contributed by atoms with Crippen molar-refractivity contribution < 1.29 is 0 Å². The summed E-state index contributed by atoms with van der Waals surface area (Å²) in [6.45, 7) is 2.03. The van der Waals surface area contributed by atoms with Crippen molar-refractivity contribution in [1.29, 1.82) is 0 Å². The molecule has 4 aliphatic carbocycles. The molecule has 6 rings (SSSR count). The van der Waals surface area contributed by atoms with Gasteiger partial charge in [-0.05, 0) is 80.8 Å². The molecule has 4 bridgehead atoms. The van der Waals surface area contributed by atoms with Crippen LogP contribution in [0.4, 0.5) is 0 Å². The highest BCUT2D eigenvalue weighted by Gasteiger charge is 2.50. The normalized spacial score (nSPS) is 37.5. The number of hydrogen-bond acceptors (Lipinski definition) is 2. The summed E-state index contributed by atoms with van der Waals surface area (Å²) in [4.78, 5) is 12.9. The molecule has 0 radical (unpaired) electrons. The molecule has 2 aromatic heterocycles. The average molecular weight is 281 g/mol. The number of fused-ring (bicyclic) bond motifs is 1. The van der Waals surface area contributed by atoms with Crippen LogP contribution < -0.4 is 0 Å². The number of nitrogens with zero attached hydrogens (tertiary/aromatic N) is 2. The SMILES string of the molecule is Cc1ccc2[nH]c(CC34CC5CC(CC(C5)C3)C4)nc2n1. The van der Waals surface area contributed by atoms with Crippen molar-refractivity contribution in [2.24, 2.45) is 23.2 Å². The second-order valence-electron chi connectivity index (χ2n) is 8.10. The fourth-order valence-corrected chi connectivity index (χ4v) is 5.98. The van der Waals surface area contributed by atoms with Gasteiger partial charge in [-0.2, -0.15) is 0 Å². The average Bonchev–Trinajstić information content (AvgIpc) is 2.77. The van der Waals surface area contributed by atoms with E-state index < -0.39 is 0 Å². The fourth-order valence-electron chi connectivity index (χ4n) is 5.98. The Morgan fingerprint density at radius 2 is 1.71 bits per heavy atom. The molecule has 2 heterocycles. The standard InChI is InChI=1S/C18H23N3/c1-11-2-3-15-17(19-11)21-16(20-15)10-18-7-12-4-13(8-18)6-14(5-12)9-18/h2-3,12-14H,4-10H2,1H3,(H,19,20,21). The number of hydrogen-bond donors (Lipinski definition) is 1. The van der Waals surface area contributed by atoms with Crippen LogP contribution in [-0.2, 0) is 6.42 Å². The van der Waals surface area contributed by atoms with E-state index in [1.54, 1.807) is 0 Å². The lowest BCUT2D eigenvalue weighted by Gasteiger charge is -2.56. The van der Waals surface area contributed by atoms with Gasteiger partial charge in [-0.15, -0.1) is 0 Å². The van der Waals surface area contributed by atoms with E-state index in [0.29, 0.717) is 5.41 Å². The minimum atomic E-state index is 0.553. The highest BCUT2D eigenvalue weighted by molar-refractivity contribution is 5.70. The Hall–Kier alpha value is -1.38. The zero-order valence-corrected chi connectivity index (χ0v) is 12.7. The van der Waals surface area contributed by atoms with Gasteiger partial charge in [0.05, 0.1) is 5.52 Å². The van der Waals surface area contributed by atoms with Gasteiger partial charge < -0.3 is 4.98 Å². The number of aromatic nitrogens is 3. The van der Waals surface area contributed by atoms with Gasteiger partial charge >= 0.3 is 0 Å². The van der Waals surface area contributed by atoms with Crippen LogP contribution in [0.15, 0.2) is 12.1 Å². The smallest absolute Gasteiger partial charge is 0.177 e. The molecule has 1 N–H and O–H groups in total. The minimum Gasteiger partial charge on any atom is -0.341 e. The van der Waals surface area contributed by atoms with Crippen molar-refractivity contribution in [3.8, 4) is 0 Å². The molecule has 0 aliphatic heterocycles. The Morgan fingerprint density at radius 1 is 1.05 bits per heavy atom. The van der Waals surface area contributed by atoms with Crippen LogP contribution in [0.3, 0.4) is 0 Å². The van der Waals surface area contributed by atoms with Gasteiger partial charge in [-0.3, -0.25) is 0 Å². The zero-order valence-electron chi connectivity index (χ0n) is 12.7. The van der Waals surface area contributed by atoms with Gasteiger partial charge in [0, 0.05) is 12.1 Å². The van der Waals surface area contributed by atoms with Crippen LogP contribution in [-0.4, -0.2) is 15.0 Å². The quantitative estimate of drug-likeness (QED) is 0.903. The lowest BCUT2D eigenvalue weighted by atomic mass is 9.49. The summed E-state index contributed by atoms with van der Waals surface area (Å²) in [5.41, 5.74) is 3.60. The van der Waals surface area contributed by atoms with Gasteiger partial charge in [-0.25, -0.2) is 9.97 Å². The monoisotopic (exact) mass is 281 g/mol. The maximum atomic E-state index is 4.78. The predicted octanol–water partition coefficient (Wildman–Crippen LogP) is 4.03. The second kappa shape index (κ2) is 4.08. The molecule has 4 aliphatic rings. The summed E-state index contributed by atoms with van der Waals surface area (Å²) in [5.74, 6) is 4.22. The molecular weight excluding hydrogens is 258 g/mol. The first kappa shape index (κ1) is 12.2. The highest BCUT2D eigenvalue weighted by atomic mass is 15.0. The number of aryl methyl sites for hydroxylation is 1.